The molecule has 2 aliphatic rings. The van der Waals surface area contributed by atoms with Gasteiger partial charge in [0.15, 0.2) is 11.5 Å². The van der Waals surface area contributed by atoms with Crippen molar-refractivity contribution in [2.24, 2.45) is 0 Å². The lowest BCUT2D eigenvalue weighted by Crippen LogP contribution is -2.45. The molecule has 1 aromatic heterocycles. The van der Waals surface area contributed by atoms with Gasteiger partial charge in [0.05, 0.1) is 12.0 Å². The Morgan fingerprint density at radius 2 is 1.92 bits per heavy atom. The lowest BCUT2D eigenvalue weighted by atomic mass is 9.77. The van der Waals surface area contributed by atoms with E-state index in [1.807, 2.05) is 23.1 Å². The summed E-state index contributed by atoms with van der Waals surface area (Å²) in [5.41, 5.74) is 0.650. The molecule has 0 saturated heterocycles. The highest BCUT2D eigenvalue weighted by Crippen LogP contribution is 2.45. The van der Waals surface area contributed by atoms with Crippen LogP contribution in [0.25, 0.3) is 0 Å². The van der Waals surface area contributed by atoms with Gasteiger partial charge >= 0.3 is 0 Å². The third-order valence-corrected chi connectivity index (χ3v) is 6.42. The normalized spacial score (nSPS) is 17.9. The van der Waals surface area contributed by atoms with E-state index >= 15 is 0 Å². The Morgan fingerprint density at radius 3 is 2.62 bits per heavy atom. The van der Waals surface area contributed by atoms with E-state index in [0.717, 1.165) is 49.3 Å². The first-order valence-electron chi connectivity index (χ1n) is 9.45. The van der Waals surface area contributed by atoms with Crippen LogP contribution in [-0.2, 0) is 16.8 Å². The second-order valence-corrected chi connectivity index (χ2v) is 8.08. The predicted molar refractivity (Wildman–Crippen MR) is 103 cm³/mol. The number of thiophene rings is 1. The van der Waals surface area contributed by atoms with Gasteiger partial charge in [0.2, 0.25) is 5.91 Å². The molecule has 4 nitrogen and oxygen atoms in total. The number of rotatable bonds is 5. The zero-order valence-electron chi connectivity index (χ0n) is 15.2. The Labute approximate surface area is 158 Å². The molecule has 26 heavy (non-hydrogen) atoms. The van der Waals surface area contributed by atoms with E-state index in [4.69, 9.17) is 9.47 Å². The quantitative estimate of drug-likeness (QED) is 0.783. The highest BCUT2D eigenvalue weighted by Gasteiger charge is 2.45. The van der Waals surface area contributed by atoms with Gasteiger partial charge in [0, 0.05) is 11.4 Å². The van der Waals surface area contributed by atoms with Crippen molar-refractivity contribution in [1.29, 1.82) is 0 Å². The van der Waals surface area contributed by atoms with Crippen LogP contribution >= 0.6 is 11.3 Å². The summed E-state index contributed by atoms with van der Waals surface area (Å²) in [6.45, 7) is 4.64. The summed E-state index contributed by atoms with van der Waals surface area (Å²) < 4.78 is 11.4. The predicted octanol–water partition coefficient (Wildman–Crippen LogP) is 4.38. The summed E-state index contributed by atoms with van der Waals surface area (Å²) >= 11 is 1.71. The number of hydrogen-bond donors (Lipinski definition) is 0. The fourth-order valence-corrected chi connectivity index (χ4v) is 4.89. The summed E-state index contributed by atoms with van der Waals surface area (Å²) in [7, 11) is 0. The first kappa shape index (κ1) is 17.4. The van der Waals surface area contributed by atoms with Crippen LogP contribution in [0, 0.1) is 0 Å². The van der Waals surface area contributed by atoms with E-state index in [2.05, 4.69) is 24.4 Å². The number of likely N-dealkylation sites (N-methyl/N-ethyl adjacent to an activating group) is 1. The molecule has 1 aliphatic heterocycles. The minimum atomic E-state index is -0.427. The van der Waals surface area contributed by atoms with Crippen molar-refractivity contribution in [3.8, 4) is 11.5 Å². The molecule has 2 heterocycles. The highest BCUT2D eigenvalue weighted by atomic mass is 32.1. The number of ether oxygens (including phenoxy) is 2. The van der Waals surface area contributed by atoms with Crippen LogP contribution in [0.4, 0.5) is 0 Å². The van der Waals surface area contributed by atoms with E-state index in [9.17, 15) is 4.79 Å². The third kappa shape index (κ3) is 3.09. The number of nitrogens with zero attached hydrogens (tertiary/aromatic N) is 1. The zero-order valence-corrected chi connectivity index (χ0v) is 16.0. The Hall–Kier alpha value is -2.01. The molecule has 1 saturated carbocycles. The van der Waals surface area contributed by atoms with Crippen molar-refractivity contribution in [3.05, 3.63) is 46.2 Å². The van der Waals surface area contributed by atoms with Gasteiger partial charge in [-0.15, -0.1) is 11.3 Å². The van der Waals surface area contributed by atoms with E-state index in [-0.39, 0.29) is 5.91 Å². The maximum atomic E-state index is 13.7. The van der Waals surface area contributed by atoms with Gasteiger partial charge < -0.3 is 14.4 Å². The van der Waals surface area contributed by atoms with Crippen LogP contribution in [0.1, 0.15) is 43.0 Å². The topological polar surface area (TPSA) is 38.8 Å². The highest BCUT2D eigenvalue weighted by molar-refractivity contribution is 7.09. The van der Waals surface area contributed by atoms with Crippen molar-refractivity contribution >= 4 is 17.2 Å². The molecule has 138 valence electrons. The van der Waals surface area contributed by atoms with E-state index in [1.165, 1.54) is 4.88 Å². The van der Waals surface area contributed by atoms with E-state index < -0.39 is 5.41 Å². The van der Waals surface area contributed by atoms with Gasteiger partial charge in [0.25, 0.3) is 0 Å². The molecule has 1 amide bonds. The maximum absolute atomic E-state index is 13.7. The minimum absolute atomic E-state index is 0.252. The number of carbonyl (C=O) groups is 1. The molecular formula is C21H25NO3S. The van der Waals surface area contributed by atoms with Gasteiger partial charge in [-0.3, -0.25) is 4.79 Å². The molecule has 0 N–H and O–H groups in total. The number of fused-ring (bicyclic) bond motifs is 1. The van der Waals surface area contributed by atoms with Crippen molar-refractivity contribution in [1.82, 2.24) is 4.90 Å². The summed E-state index contributed by atoms with van der Waals surface area (Å²) in [5.74, 6) is 1.81. The van der Waals surface area contributed by atoms with Gasteiger partial charge in [0.1, 0.15) is 13.2 Å². The Morgan fingerprint density at radius 1 is 1.15 bits per heavy atom. The standard InChI is InChI=1S/C21H25NO3S/c1-2-22(15-17-6-5-13-26-17)20(23)21(9-3-4-10-21)16-7-8-18-19(14-16)25-12-11-24-18/h5-8,13-14H,2-4,9-12,15H2,1H3. The first-order valence-corrected chi connectivity index (χ1v) is 10.3. The Kier molecular flexibility index (Phi) is 4.90. The van der Waals surface area contributed by atoms with Crippen LogP contribution in [0.15, 0.2) is 35.7 Å². The molecule has 0 radical (unpaired) electrons. The van der Waals surface area contributed by atoms with Crippen LogP contribution in [0.2, 0.25) is 0 Å². The Balaban J connectivity index is 1.66. The fourth-order valence-electron chi connectivity index (χ4n) is 4.17. The molecule has 2 aromatic rings. The third-order valence-electron chi connectivity index (χ3n) is 5.56. The van der Waals surface area contributed by atoms with Gasteiger partial charge in [-0.1, -0.05) is 25.0 Å². The second kappa shape index (κ2) is 7.31. The first-order chi connectivity index (χ1) is 12.7. The van der Waals surface area contributed by atoms with Crippen molar-refractivity contribution in [2.45, 2.75) is 44.6 Å². The van der Waals surface area contributed by atoms with Crippen LogP contribution in [0.5, 0.6) is 11.5 Å². The Bertz CT molecular complexity index is 766. The summed E-state index contributed by atoms with van der Waals surface area (Å²) in [5, 5.41) is 2.07. The van der Waals surface area contributed by atoms with Crippen LogP contribution < -0.4 is 9.47 Å². The largest absolute Gasteiger partial charge is 0.486 e. The average molecular weight is 372 g/mol. The van der Waals surface area contributed by atoms with Crippen molar-refractivity contribution in [3.63, 3.8) is 0 Å². The lowest BCUT2D eigenvalue weighted by molar-refractivity contribution is -0.137. The van der Waals surface area contributed by atoms with Gasteiger partial charge in [-0.05, 0) is 48.9 Å². The molecule has 1 fully saturated rings. The van der Waals surface area contributed by atoms with Crippen LogP contribution in [-0.4, -0.2) is 30.6 Å². The van der Waals surface area contributed by atoms with E-state index in [1.54, 1.807) is 11.3 Å². The molecular weight excluding hydrogens is 346 g/mol. The maximum Gasteiger partial charge on any atom is 0.233 e. The van der Waals surface area contributed by atoms with Crippen LogP contribution in [0.3, 0.4) is 0 Å². The lowest BCUT2D eigenvalue weighted by Gasteiger charge is -2.35. The number of carbonyl (C=O) groups excluding carboxylic acids is 1. The summed E-state index contributed by atoms with van der Waals surface area (Å²) in [4.78, 5) is 16.9. The molecule has 0 atom stereocenters. The smallest absolute Gasteiger partial charge is 0.233 e. The fraction of sp³-hybridized carbons (Fsp3) is 0.476. The zero-order chi connectivity index (χ0) is 18.0. The van der Waals surface area contributed by atoms with Gasteiger partial charge in [-0.25, -0.2) is 0 Å². The van der Waals surface area contributed by atoms with E-state index in [0.29, 0.717) is 19.8 Å². The summed E-state index contributed by atoms with van der Waals surface area (Å²) in [6, 6.07) is 10.2. The second-order valence-electron chi connectivity index (χ2n) is 7.05. The number of benzene rings is 1. The number of amides is 1. The minimum Gasteiger partial charge on any atom is -0.486 e. The molecule has 0 bridgehead atoms. The SMILES string of the molecule is CCN(Cc1cccs1)C(=O)C1(c2ccc3c(c2)OCCO3)CCCC1. The molecule has 4 rings (SSSR count). The average Bonchev–Trinajstić information content (AvgIpc) is 3.38. The number of hydrogen-bond acceptors (Lipinski definition) is 4. The van der Waals surface area contributed by atoms with Gasteiger partial charge in [-0.2, -0.15) is 0 Å². The molecule has 5 heteroatoms. The monoisotopic (exact) mass is 371 g/mol. The van der Waals surface area contributed by atoms with Crippen molar-refractivity contribution in [2.75, 3.05) is 19.8 Å². The van der Waals surface area contributed by atoms with Crippen molar-refractivity contribution < 1.29 is 14.3 Å². The molecule has 1 aromatic carbocycles. The molecule has 1 aliphatic carbocycles. The molecule has 0 spiro atoms. The molecule has 0 unspecified atom stereocenters. The summed E-state index contributed by atoms with van der Waals surface area (Å²) in [6.07, 6.45) is 4.01.